The number of aromatic nitrogens is 2. The van der Waals surface area contributed by atoms with Crippen molar-refractivity contribution in [2.24, 2.45) is 5.73 Å². The molecule has 54 valence electrons. The van der Waals surface area contributed by atoms with E-state index in [2.05, 4.69) is 5.10 Å². The van der Waals surface area contributed by atoms with Gasteiger partial charge in [-0.15, -0.1) is 0 Å². The summed E-state index contributed by atoms with van der Waals surface area (Å²) in [6.07, 6.45) is 1.34. The average molecular weight is 252 g/mol. The van der Waals surface area contributed by atoms with E-state index in [0.717, 1.165) is 0 Å². The van der Waals surface area contributed by atoms with Crippen LogP contribution in [0, 0.1) is 0 Å². The molecular formula is C4H5IN4O. The molecule has 0 bridgehead atoms. The first-order valence-corrected chi connectivity index (χ1v) is 3.39. The molecule has 1 heterocycles. The van der Waals surface area contributed by atoms with Crippen molar-refractivity contribution in [3.05, 3.63) is 11.8 Å². The Morgan fingerprint density at radius 3 is 2.60 bits per heavy atom. The zero-order chi connectivity index (χ0) is 7.72. The Kier molecular flexibility index (Phi) is 1.79. The molecule has 5 nitrogen and oxygen atoms in total. The highest BCUT2D eigenvalue weighted by Crippen LogP contribution is 2.11. The Bertz CT molecular complexity index is 268. The van der Waals surface area contributed by atoms with E-state index in [9.17, 15) is 4.79 Å². The maximum atomic E-state index is 10.5. The standard InChI is InChI=1S/C4H5IN4O/c5-9-3(6)2(1-8-9)4(7)10/h1H,6H2,(H2,7,10). The lowest BCUT2D eigenvalue weighted by Crippen LogP contribution is -2.12. The van der Waals surface area contributed by atoms with Gasteiger partial charge in [-0.1, -0.05) is 0 Å². The molecule has 0 saturated heterocycles. The van der Waals surface area contributed by atoms with Gasteiger partial charge in [-0.2, -0.15) is 7.99 Å². The minimum Gasteiger partial charge on any atom is -0.383 e. The predicted molar refractivity (Wildman–Crippen MR) is 44.6 cm³/mol. The topological polar surface area (TPSA) is 86.9 Å². The number of nitrogens with zero attached hydrogens (tertiary/aromatic N) is 2. The number of nitrogens with two attached hydrogens (primary N) is 2. The van der Waals surface area contributed by atoms with E-state index in [1.807, 2.05) is 22.9 Å². The number of hydrogen-bond acceptors (Lipinski definition) is 3. The van der Waals surface area contributed by atoms with E-state index >= 15 is 0 Å². The van der Waals surface area contributed by atoms with Crippen LogP contribution in [0.15, 0.2) is 6.20 Å². The van der Waals surface area contributed by atoms with Gasteiger partial charge in [0.05, 0.1) is 29.1 Å². The fraction of sp³-hybridized carbons (Fsp3) is 0. The first-order chi connectivity index (χ1) is 4.63. The number of carbonyl (C=O) groups excluding carboxylic acids is 1. The fourth-order valence-electron chi connectivity index (χ4n) is 0.526. The molecule has 0 fully saturated rings. The minimum absolute atomic E-state index is 0.259. The third kappa shape index (κ3) is 1.06. The second-order valence-electron chi connectivity index (χ2n) is 1.67. The van der Waals surface area contributed by atoms with Crippen LogP contribution >= 0.6 is 22.9 Å². The zero-order valence-corrected chi connectivity index (χ0v) is 7.07. The van der Waals surface area contributed by atoms with Gasteiger partial charge in [-0.3, -0.25) is 4.79 Å². The summed E-state index contributed by atoms with van der Waals surface area (Å²) in [6.45, 7) is 0. The Morgan fingerprint density at radius 2 is 2.40 bits per heavy atom. The van der Waals surface area contributed by atoms with Crippen LogP contribution in [-0.2, 0) is 0 Å². The molecule has 0 radical (unpaired) electrons. The summed E-state index contributed by atoms with van der Waals surface area (Å²) in [6, 6.07) is 0. The summed E-state index contributed by atoms with van der Waals surface area (Å²) in [7, 11) is 0. The SMILES string of the molecule is NC(=O)c1cnn(I)c1N. The summed E-state index contributed by atoms with van der Waals surface area (Å²) in [4.78, 5) is 10.5. The van der Waals surface area contributed by atoms with Crippen molar-refractivity contribution in [1.82, 2.24) is 7.99 Å². The molecule has 1 aromatic rings. The maximum absolute atomic E-state index is 10.5. The highest BCUT2D eigenvalue weighted by molar-refractivity contribution is 14.1. The predicted octanol–water partition coefficient (Wildman–Crippen LogP) is -0.238. The van der Waals surface area contributed by atoms with Crippen molar-refractivity contribution >= 4 is 34.6 Å². The van der Waals surface area contributed by atoms with Crippen molar-refractivity contribution in [1.29, 1.82) is 0 Å². The smallest absolute Gasteiger partial charge is 0.254 e. The molecule has 6 heteroatoms. The Hall–Kier alpha value is -0.790. The number of amides is 1. The van der Waals surface area contributed by atoms with E-state index in [4.69, 9.17) is 11.5 Å². The Morgan fingerprint density at radius 1 is 1.80 bits per heavy atom. The Labute approximate surface area is 70.9 Å². The third-order valence-corrected chi connectivity index (χ3v) is 1.80. The van der Waals surface area contributed by atoms with Crippen LogP contribution in [0.25, 0.3) is 0 Å². The largest absolute Gasteiger partial charge is 0.383 e. The molecule has 0 aliphatic heterocycles. The van der Waals surface area contributed by atoms with Gasteiger partial charge < -0.3 is 11.5 Å². The normalized spacial score (nSPS) is 9.70. The van der Waals surface area contributed by atoms with Gasteiger partial charge in [0, 0.05) is 0 Å². The van der Waals surface area contributed by atoms with Crippen LogP contribution in [0.3, 0.4) is 0 Å². The maximum Gasteiger partial charge on any atom is 0.254 e. The van der Waals surface area contributed by atoms with Gasteiger partial charge in [0.25, 0.3) is 5.91 Å². The molecule has 0 aromatic carbocycles. The quantitative estimate of drug-likeness (QED) is 0.676. The van der Waals surface area contributed by atoms with Crippen LogP contribution in [0.1, 0.15) is 10.4 Å². The molecule has 1 amide bonds. The average Bonchev–Trinajstić information content (AvgIpc) is 2.14. The van der Waals surface area contributed by atoms with Gasteiger partial charge in [0.1, 0.15) is 11.4 Å². The van der Waals surface area contributed by atoms with Crippen molar-refractivity contribution in [2.75, 3.05) is 5.73 Å². The fourth-order valence-corrected chi connectivity index (χ4v) is 0.910. The van der Waals surface area contributed by atoms with E-state index in [-0.39, 0.29) is 11.4 Å². The molecule has 10 heavy (non-hydrogen) atoms. The number of anilines is 1. The monoisotopic (exact) mass is 252 g/mol. The summed E-state index contributed by atoms with van der Waals surface area (Å²) in [5, 5.41) is 3.71. The van der Waals surface area contributed by atoms with E-state index in [0.29, 0.717) is 0 Å². The van der Waals surface area contributed by atoms with Crippen LogP contribution in [0.2, 0.25) is 0 Å². The summed E-state index contributed by atoms with van der Waals surface area (Å²) >= 11 is 1.85. The molecule has 0 atom stereocenters. The molecule has 0 aliphatic rings. The van der Waals surface area contributed by atoms with E-state index in [1.165, 1.54) is 9.09 Å². The van der Waals surface area contributed by atoms with Gasteiger partial charge >= 0.3 is 0 Å². The van der Waals surface area contributed by atoms with Crippen LogP contribution < -0.4 is 11.5 Å². The summed E-state index contributed by atoms with van der Waals surface area (Å²) in [5.74, 6) is -0.270. The number of hydrogen-bond donors (Lipinski definition) is 2. The number of halogens is 1. The van der Waals surface area contributed by atoms with Crippen molar-refractivity contribution in [3.8, 4) is 0 Å². The van der Waals surface area contributed by atoms with Crippen molar-refractivity contribution in [3.63, 3.8) is 0 Å². The first-order valence-electron chi connectivity index (χ1n) is 2.42. The molecule has 0 saturated carbocycles. The lowest BCUT2D eigenvalue weighted by molar-refractivity contribution is 0.100. The van der Waals surface area contributed by atoms with Gasteiger partial charge in [0.15, 0.2) is 0 Å². The number of rotatable bonds is 1. The summed E-state index contributed by atoms with van der Waals surface area (Å²) < 4.78 is 1.36. The van der Waals surface area contributed by atoms with Crippen LogP contribution in [0.5, 0.6) is 0 Å². The molecule has 0 aliphatic carbocycles. The van der Waals surface area contributed by atoms with E-state index < -0.39 is 5.91 Å². The summed E-state index contributed by atoms with van der Waals surface area (Å²) in [5.41, 5.74) is 10.6. The first kappa shape index (κ1) is 7.32. The van der Waals surface area contributed by atoms with Crippen molar-refractivity contribution < 1.29 is 4.79 Å². The van der Waals surface area contributed by atoms with Gasteiger partial charge in [0.2, 0.25) is 0 Å². The highest BCUT2D eigenvalue weighted by Gasteiger charge is 2.09. The molecule has 4 N–H and O–H groups in total. The van der Waals surface area contributed by atoms with Crippen LogP contribution in [-0.4, -0.2) is 13.9 Å². The van der Waals surface area contributed by atoms with Gasteiger partial charge in [-0.05, 0) is 0 Å². The lowest BCUT2D eigenvalue weighted by atomic mass is 10.3. The molecule has 1 aromatic heterocycles. The molecule has 0 spiro atoms. The zero-order valence-electron chi connectivity index (χ0n) is 4.91. The van der Waals surface area contributed by atoms with Gasteiger partial charge in [-0.25, -0.2) is 0 Å². The number of primary amides is 1. The molecule has 0 unspecified atom stereocenters. The second kappa shape index (κ2) is 2.45. The lowest BCUT2D eigenvalue weighted by Gasteiger charge is -1.91. The number of nitrogen functional groups attached to an aromatic ring is 1. The third-order valence-electron chi connectivity index (χ3n) is 1.03. The second-order valence-corrected chi connectivity index (χ2v) is 2.58. The Balaban J connectivity index is 3.17. The van der Waals surface area contributed by atoms with E-state index in [1.54, 1.807) is 0 Å². The van der Waals surface area contributed by atoms with Crippen LogP contribution in [0.4, 0.5) is 5.82 Å². The highest BCUT2D eigenvalue weighted by atomic mass is 127. The molecule has 1 rings (SSSR count). The number of carbonyl (C=O) groups is 1. The van der Waals surface area contributed by atoms with Crippen molar-refractivity contribution in [2.45, 2.75) is 0 Å². The molecular weight excluding hydrogens is 247 g/mol. The minimum atomic E-state index is -0.555.